The lowest BCUT2D eigenvalue weighted by molar-refractivity contribution is 0.0941. The van der Waals surface area contributed by atoms with E-state index >= 15 is 0 Å². The van der Waals surface area contributed by atoms with Crippen molar-refractivity contribution in [3.63, 3.8) is 0 Å². The van der Waals surface area contributed by atoms with E-state index in [0.29, 0.717) is 18.4 Å². The third kappa shape index (κ3) is 4.71. The van der Waals surface area contributed by atoms with Gasteiger partial charge in [-0.1, -0.05) is 60.7 Å². The Kier molecular flexibility index (Phi) is 6.37. The molecule has 2 aromatic carbocycles. The van der Waals surface area contributed by atoms with Crippen LogP contribution in [0.2, 0.25) is 5.02 Å². The molecule has 0 heterocycles. The highest BCUT2D eigenvalue weighted by atomic mass is 35.5. The smallest absolute Gasteiger partial charge is 0.269 e. The van der Waals surface area contributed by atoms with Crippen molar-refractivity contribution < 1.29 is 17.6 Å². The first-order chi connectivity index (χ1) is 13.3. The van der Waals surface area contributed by atoms with E-state index in [4.69, 9.17) is 11.6 Å². The average molecular weight is 425 g/mol. The standard InChI is InChI=1S/C20H22ClFN2O3S/c1-13-6-5-7-14(10-13)15-11-17(19(22)18(21)12-15)20(25)23-24-28(26,27)16-8-3-2-4-9-16/h5-7,10-12,16,24H,2-4,8-9H2,1H3,(H,23,25). The minimum Gasteiger partial charge on any atom is -0.274 e. The lowest BCUT2D eigenvalue weighted by atomic mass is 10.0. The van der Waals surface area contributed by atoms with Crippen LogP contribution in [0.25, 0.3) is 11.1 Å². The normalized spacial score (nSPS) is 15.4. The van der Waals surface area contributed by atoms with Crippen molar-refractivity contribution in [2.45, 2.75) is 44.3 Å². The summed E-state index contributed by atoms with van der Waals surface area (Å²) in [6.45, 7) is 1.92. The SMILES string of the molecule is Cc1cccc(-c2cc(Cl)c(F)c(C(=O)NNS(=O)(=O)C3CCCCC3)c2)c1. The summed E-state index contributed by atoms with van der Waals surface area (Å²) in [5.41, 5.74) is 4.14. The van der Waals surface area contributed by atoms with Crippen LogP contribution in [0.15, 0.2) is 36.4 Å². The van der Waals surface area contributed by atoms with Gasteiger partial charge in [-0.15, -0.1) is 4.83 Å². The van der Waals surface area contributed by atoms with Crippen LogP contribution in [0.5, 0.6) is 0 Å². The molecule has 150 valence electrons. The van der Waals surface area contributed by atoms with E-state index in [2.05, 4.69) is 10.3 Å². The van der Waals surface area contributed by atoms with E-state index in [-0.39, 0.29) is 10.6 Å². The molecule has 28 heavy (non-hydrogen) atoms. The monoisotopic (exact) mass is 424 g/mol. The van der Waals surface area contributed by atoms with Crippen LogP contribution in [0.1, 0.15) is 48.0 Å². The first-order valence-corrected chi connectivity index (χ1v) is 11.1. The Morgan fingerprint density at radius 1 is 1.11 bits per heavy atom. The van der Waals surface area contributed by atoms with Crippen LogP contribution in [-0.2, 0) is 10.0 Å². The molecule has 3 rings (SSSR count). The van der Waals surface area contributed by atoms with Gasteiger partial charge in [-0.05, 0) is 43.0 Å². The fourth-order valence-corrected chi connectivity index (χ4v) is 4.96. The fourth-order valence-electron chi connectivity index (χ4n) is 3.39. The van der Waals surface area contributed by atoms with Gasteiger partial charge in [0.2, 0.25) is 10.0 Å². The van der Waals surface area contributed by atoms with Gasteiger partial charge in [0.1, 0.15) is 0 Å². The molecule has 0 aliphatic heterocycles. The van der Waals surface area contributed by atoms with E-state index in [1.807, 2.05) is 31.2 Å². The molecule has 1 saturated carbocycles. The second kappa shape index (κ2) is 8.59. The van der Waals surface area contributed by atoms with E-state index in [1.54, 1.807) is 0 Å². The highest BCUT2D eigenvalue weighted by molar-refractivity contribution is 7.90. The molecule has 2 N–H and O–H groups in total. The van der Waals surface area contributed by atoms with E-state index in [0.717, 1.165) is 30.4 Å². The van der Waals surface area contributed by atoms with Gasteiger partial charge < -0.3 is 0 Å². The summed E-state index contributed by atoms with van der Waals surface area (Å²) < 4.78 is 39.1. The van der Waals surface area contributed by atoms with Crippen LogP contribution in [0.4, 0.5) is 4.39 Å². The second-order valence-corrected chi connectivity index (χ2v) is 9.42. The maximum absolute atomic E-state index is 14.4. The number of hydrazine groups is 1. The van der Waals surface area contributed by atoms with Crippen LogP contribution < -0.4 is 10.3 Å². The zero-order valence-electron chi connectivity index (χ0n) is 15.5. The summed E-state index contributed by atoms with van der Waals surface area (Å²) in [5.74, 6) is -1.79. The number of sulfonamides is 1. The number of nitrogens with one attached hydrogen (secondary N) is 2. The number of aryl methyl sites for hydroxylation is 1. The quantitative estimate of drug-likeness (QED) is 0.700. The summed E-state index contributed by atoms with van der Waals surface area (Å²) in [7, 11) is -3.71. The lowest BCUT2D eigenvalue weighted by Crippen LogP contribution is -2.46. The molecule has 0 bridgehead atoms. The topological polar surface area (TPSA) is 75.3 Å². The van der Waals surface area contributed by atoms with E-state index < -0.39 is 27.0 Å². The Morgan fingerprint density at radius 2 is 1.82 bits per heavy atom. The number of halogens is 2. The Hall–Kier alpha value is -1.96. The van der Waals surface area contributed by atoms with Crippen molar-refractivity contribution in [3.05, 3.63) is 58.4 Å². The fraction of sp³-hybridized carbons (Fsp3) is 0.350. The number of carbonyl (C=O) groups excluding carboxylic acids is 1. The minimum absolute atomic E-state index is 0.209. The molecule has 1 amide bonds. The van der Waals surface area contributed by atoms with Crippen molar-refractivity contribution in [2.75, 3.05) is 0 Å². The molecule has 1 aliphatic carbocycles. The highest BCUT2D eigenvalue weighted by Crippen LogP contribution is 2.28. The number of rotatable bonds is 5. The molecule has 1 fully saturated rings. The van der Waals surface area contributed by atoms with Gasteiger partial charge >= 0.3 is 0 Å². The highest BCUT2D eigenvalue weighted by Gasteiger charge is 2.28. The summed E-state index contributed by atoms with van der Waals surface area (Å²) in [4.78, 5) is 14.6. The third-order valence-electron chi connectivity index (χ3n) is 4.92. The van der Waals surface area contributed by atoms with Gasteiger partial charge in [-0.2, -0.15) is 0 Å². The average Bonchev–Trinajstić information content (AvgIpc) is 2.69. The molecular weight excluding hydrogens is 403 g/mol. The Balaban J connectivity index is 1.81. The van der Waals surface area contributed by atoms with Gasteiger partial charge in [-0.3, -0.25) is 10.2 Å². The van der Waals surface area contributed by atoms with Gasteiger partial charge in [0.05, 0.1) is 15.8 Å². The molecule has 5 nitrogen and oxygen atoms in total. The Bertz CT molecular complexity index is 989. The number of hydrogen-bond donors (Lipinski definition) is 2. The van der Waals surface area contributed by atoms with Gasteiger partial charge in [0.25, 0.3) is 5.91 Å². The Morgan fingerprint density at radius 3 is 2.50 bits per heavy atom. The number of carbonyl (C=O) groups is 1. The molecule has 0 spiro atoms. The molecule has 8 heteroatoms. The number of hydrogen-bond acceptors (Lipinski definition) is 3. The van der Waals surface area contributed by atoms with Gasteiger partial charge in [0, 0.05) is 0 Å². The first kappa shape index (κ1) is 20.8. The maximum atomic E-state index is 14.4. The molecule has 0 aromatic heterocycles. The number of benzene rings is 2. The van der Waals surface area contributed by atoms with E-state index in [1.165, 1.54) is 12.1 Å². The summed E-state index contributed by atoms with van der Waals surface area (Å²) in [5, 5.41) is -0.757. The molecule has 0 radical (unpaired) electrons. The largest absolute Gasteiger partial charge is 0.274 e. The van der Waals surface area contributed by atoms with E-state index in [9.17, 15) is 17.6 Å². The number of amides is 1. The van der Waals surface area contributed by atoms with Crippen LogP contribution in [-0.4, -0.2) is 19.6 Å². The Labute approximate surface area is 169 Å². The summed E-state index contributed by atoms with van der Waals surface area (Å²) in [6.07, 6.45) is 3.78. The van der Waals surface area contributed by atoms with Crippen LogP contribution >= 0.6 is 11.6 Å². The summed E-state index contributed by atoms with van der Waals surface area (Å²) >= 11 is 5.97. The van der Waals surface area contributed by atoms with Gasteiger partial charge in [-0.25, -0.2) is 12.8 Å². The molecule has 0 atom stereocenters. The van der Waals surface area contributed by atoms with Crippen molar-refractivity contribution in [1.82, 2.24) is 10.3 Å². The molecule has 0 saturated heterocycles. The van der Waals surface area contributed by atoms with Crippen LogP contribution in [0.3, 0.4) is 0 Å². The maximum Gasteiger partial charge on any atom is 0.269 e. The predicted molar refractivity (Wildman–Crippen MR) is 108 cm³/mol. The minimum atomic E-state index is -3.71. The van der Waals surface area contributed by atoms with Crippen molar-refractivity contribution in [1.29, 1.82) is 0 Å². The van der Waals surface area contributed by atoms with Crippen LogP contribution in [0, 0.1) is 12.7 Å². The predicted octanol–water partition coefficient (Wildman–Crippen LogP) is 4.35. The molecule has 1 aliphatic rings. The molecule has 2 aromatic rings. The van der Waals surface area contributed by atoms with Crippen molar-refractivity contribution >= 4 is 27.5 Å². The lowest BCUT2D eigenvalue weighted by Gasteiger charge is -2.22. The second-order valence-electron chi connectivity index (χ2n) is 7.05. The third-order valence-corrected chi connectivity index (χ3v) is 6.93. The van der Waals surface area contributed by atoms with Crippen molar-refractivity contribution in [2.24, 2.45) is 0 Å². The van der Waals surface area contributed by atoms with Crippen molar-refractivity contribution in [3.8, 4) is 11.1 Å². The van der Waals surface area contributed by atoms with Gasteiger partial charge in [0.15, 0.2) is 5.82 Å². The zero-order valence-corrected chi connectivity index (χ0v) is 17.0. The first-order valence-electron chi connectivity index (χ1n) is 9.15. The molecular formula is C20H22ClFN2O3S. The molecule has 0 unspecified atom stereocenters. The zero-order chi connectivity index (χ0) is 20.3. The summed E-state index contributed by atoms with van der Waals surface area (Å²) in [6, 6.07) is 10.3.